The Kier molecular flexibility index (Phi) is 5.60. The molecule has 1 heterocycles. The molecule has 0 aromatic heterocycles. The Bertz CT molecular complexity index is 541. The molecule has 1 fully saturated rings. The fourth-order valence-electron chi connectivity index (χ4n) is 2.19. The van der Waals surface area contributed by atoms with Gasteiger partial charge in [0.1, 0.15) is 0 Å². The predicted octanol–water partition coefficient (Wildman–Crippen LogP) is 0.937. The van der Waals surface area contributed by atoms with E-state index in [0.29, 0.717) is 30.3 Å². The number of hydrogen-bond acceptors (Lipinski definition) is 5. The lowest BCUT2D eigenvalue weighted by Crippen LogP contribution is -2.39. The first kappa shape index (κ1) is 16.1. The smallest absolute Gasteiger partial charge is 0.313 e. The summed E-state index contributed by atoms with van der Waals surface area (Å²) in [4.78, 5) is 23.6. The molecule has 0 saturated carbocycles. The molecule has 7 nitrogen and oxygen atoms in total. The van der Waals surface area contributed by atoms with Gasteiger partial charge in [0.2, 0.25) is 0 Å². The third-order valence-corrected chi connectivity index (χ3v) is 3.36. The number of hydrogen-bond donors (Lipinski definition) is 2. The van der Waals surface area contributed by atoms with Crippen LogP contribution >= 0.6 is 0 Å². The van der Waals surface area contributed by atoms with Gasteiger partial charge in [-0.2, -0.15) is 0 Å². The molecule has 0 unspecified atom stereocenters. The summed E-state index contributed by atoms with van der Waals surface area (Å²) < 4.78 is 15.6. The SMILES string of the molecule is COc1ccc(NC(=O)C(=O)NC[C@@H]2CCCO2)cc1OC. The molecule has 0 bridgehead atoms. The monoisotopic (exact) mass is 308 g/mol. The van der Waals surface area contributed by atoms with Gasteiger partial charge in [0.15, 0.2) is 11.5 Å². The lowest BCUT2D eigenvalue weighted by atomic mass is 10.2. The van der Waals surface area contributed by atoms with Crippen molar-refractivity contribution < 1.29 is 23.8 Å². The number of carbonyl (C=O) groups excluding carboxylic acids is 2. The Balaban J connectivity index is 1.88. The first-order valence-electron chi connectivity index (χ1n) is 7.07. The molecule has 1 aromatic carbocycles. The zero-order valence-corrected chi connectivity index (χ0v) is 12.7. The van der Waals surface area contributed by atoms with Crippen LogP contribution in [0.5, 0.6) is 11.5 Å². The average Bonchev–Trinajstić information content (AvgIpc) is 3.05. The summed E-state index contributed by atoms with van der Waals surface area (Å²) in [6, 6.07) is 4.87. The maximum absolute atomic E-state index is 11.8. The number of ether oxygens (including phenoxy) is 3. The highest BCUT2D eigenvalue weighted by Gasteiger charge is 2.19. The summed E-state index contributed by atoms with van der Waals surface area (Å²) in [6.45, 7) is 1.05. The highest BCUT2D eigenvalue weighted by Crippen LogP contribution is 2.29. The van der Waals surface area contributed by atoms with Gasteiger partial charge in [0.05, 0.1) is 20.3 Å². The van der Waals surface area contributed by atoms with E-state index < -0.39 is 11.8 Å². The second kappa shape index (κ2) is 7.65. The third kappa shape index (κ3) is 4.11. The van der Waals surface area contributed by atoms with Crippen LogP contribution in [0.4, 0.5) is 5.69 Å². The highest BCUT2D eigenvalue weighted by molar-refractivity contribution is 6.39. The Labute approximate surface area is 128 Å². The van der Waals surface area contributed by atoms with Crippen LogP contribution in [0.15, 0.2) is 18.2 Å². The Morgan fingerprint density at radius 2 is 2.00 bits per heavy atom. The number of nitrogens with one attached hydrogen (secondary N) is 2. The van der Waals surface area contributed by atoms with E-state index in [1.165, 1.54) is 14.2 Å². The fourth-order valence-corrected chi connectivity index (χ4v) is 2.19. The van der Waals surface area contributed by atoms with E-state index in [1.54, 1.807) is 18.2 Å². The topological polar surface area (TPSA) is 85.9 Å². The number of amides is 2. The minimum Gasteiger partial charge on any atom is -0.493 e. The van der Waals surface area contributed by atoms with E-state index in [4.69, 9.17) is 14.2 Å². The highest BCUT2D eigenvalue weighted by atomic mass is 16.5. The minimum atomic E-state index is -0.731. The van der Waals surface area contributed by atoms with E-state index in [2.05, 4.69) is 10.6 Å². The number of anilines is 1. The van der Waals surface area contributed by atoms with E-state index >= 15 is 0 Å². The molecule has 0 spiro atoms. The van der Waals surface area contributed by atoms with Crippen LogP contribution in [0.2, 0.25) is 0 Å². The molecular formula is C15H20N2O5. The largest absolute Gasteiger partial charge is 0.493 e. The minimum absolute atomic E-state index is 0.00201. The average molecular weight is 308 g/mol. The Hall–Kier alpha value is -2.28. The molecule has 0 radical (unpaired) electrons. The van der Waals surface area contributed by atoms with Crippen molar-refractivity contribution >= 4 is 17.5 Å². The van der Waals surface area contributed by atoms with Gasteiger partial charge >= 0.3 is 11.8 Å². The van der Waals surface area contributed by atoms with Crippen LogP contribution < -0.4 is 20.1 Å². The first-order valence-corrected chi connectivity index (χ1v) is 7.07. The van der Waals surface area contributed by atoms with Gasteiger partial charge in [-0.15, -0.1) is 0 Å². The molecule has 22 heavy (non-hydrogen) atoms. The summed E-state index contributed by atoms with van der Waals surface area (Å²) in [7, 11) is 3.02. The number of methoxy groups -OCH3 is 2. The lowest BCUT2D eigenvalue weighted by Gasteiger charge is -2.12. The van der Waals surface area contributed by atoms with Crippen molar-refractivity contribution in [3.05, 3.63) is 18.2 Å². The molecule has 7 heteroatoms. The molecule has 1 atom stereocenters. The maximum Gasteiger partial charge on any atom is 0.313 e. The summed E-state index contributed by atoms with van der Waals surface area (Å²) >= 11 is 0. The third-order valence-electron chi connectivity index (χ3n) is 3.36. The zero-order chi connectivity index (χ0) is 15.9. The summed E-state index contributed by atoms with van der Waals surface area (Å²) in [6.07, 6.45) is 1.88. The molecule has 2 amide bonds. The molecule has 1 saturated heterocycles. The lowest BCUT2D eigenvalue weighted by molar-refractivity contribution is -0.136. The summed E-state index contributed by atoms with van der Waals surface area (Å²) in [5.74, 6) is -0.404. The van der Waals surface area contributed by atoms with Crippen molar-refractivity contribution in [3.63, 3.8) is 0 Å². The van der Waals surface area contributed by atoms with Gasteiger partial charge in [-0.1, -0.05) is 0 Å². The molecule has 2 N–H and O–H groups in total. The fraction of sp³-hybridized carbons (Fsp3) is 0.467. The molecular weight excluding hydrogens is 288 g/mol. The standard InChI is InChI=1S/C15H20N2O5/c1-20-12-6-5-10(8-13(12)21-2)17-15(19)14(18)16-9-11-4-3-7-22-11/h5-6,8,11H,3-4,7,9H2,1-2H3,(H,16,18)(H,17,19)/t11-/m0/s1. The van der Waals surface area contributed by atoms with Crippen LogP contribution in [0.3, 0.4) is 0 Å². The van der Waals surface area contributed by atoms with Gasteiger partial charge in [-0.3, -0.25) is 9.59 Å². The van der Waals surface area contributed by atoms with Crippen molar-refractivity contribution in [2.45, 2.75) is 18.9 Å². The second-order valence-corrected chi connectivity index (χ2v) is 4.87. The van der Waals surface area contributed by atoms with Crippen molar-refractivity contribution in [1.29, 1.82) is 0 Å². The van der Waals surface area contributed by atoms with E-state index in [0.717, 1.165) is 12.8 Å². The van der Waals surface area contributed by atoms with Gasteiger partial charge < -0.3 is 24.8 Å². The van der Waals surface area contributed by atoms with Gasteiger partial charge in [-0.25, -0.2) is 0 Å². The molecule has 120 valence electrons. The van der Waals surface area contributed by atoms with Gasteiger partial charge in [0.25, 0.3) is 0 Å². The summed E-state index contributed by atoms with van der Waals surface area (Å²) in [5, 5.41) is 5.08. The predicted molar refractivity (Wildman–Crippen MR) is 80.2 cm³/mol. The van der Waals surface area contributed by atoms with Crippen molar-refractivity contribution in [1.82, 2.24) is 5.32 Å². The quantitative estimate of drug-likeness (QED) is 0.791. The number of benzene rings is 1. The Morgan fingerprint density at radius 1 is 1.23 bits per heavy atom. The molecule has 2 rings (SSSR count). The van der Waals surface area contributed by atoms with Crippen molar-refractivity contribution in [2.24, 2.45) is 0 Å². The molecule has 1 aliphatic heterocycles. The van der Waals surface area contributed by atoms with Gasteiger partial charge in [-0.05, 0) is 25.0 Å². The van der Waals surface area contributed by atoms with Gasteiger partial charge in [0, 0.05) is 24.9 Å². The normalized spacial score (nSPS) is 16.9. The summed E-state index contributed by atoms with van der Waals surface area (Å²) in [5.41, 5.74) is 0.454. The Morgan fingerprint density at radius 3 is 2.64 bits per heavy atom. The van der Waals surface area contributed by atoms with Crippen LogP contribution in [0.1, 0.15) is 12.8 Å². The first-order chi connectivity index (χ1) is 10.6. The van der Waals surface area contributed by atoms with E-state index in [-0.39, 0.29) is 6.10 Å². The van der Waals surface area contributed by atoms with Crippen LogP contribution in [-0.4, -0.2) is 45.3 Å². The van der Waals surface area contributed by atoms with Crippen molar-refractivity contribution in [3.8, 4) is 11.5 Å². The molecule has 1 aliphatic rings. The second-order valence-electron chi connectivity index (χ2n) is 4.87. The van der Waals surface area contributed by atoms with Crippen LogP contribution in [0, 0.1) is 0 Å². The number of carbonyl (C=O) groups is 2. The van der Waals surface area contributed by atoms with Crippen LogP contribution in [-0.2, 0) is 14.3 Å². The molecule has 0 aliphatic carbocycles. The maximum atomic E-state index is 11.8. The van der Waals surface area contributed by atoms with E-state index in [1.807, 2.05) is 0 Å². The number of rotatable bonds is 5. The zero-order valence-electron chi connectivity index (χ0n) is 12.7. The van der Waals surface area contributed by atoms with Crippen molar-refractivity contribution in [2.75, 3.05) is 32.7 Å². The van der Waals surface area contributed by atoms with Crippen LogP contribution in [0.25, 0.3) is 0 Å². The molecule has 1 aromatic rings. The van der Waals surface area contributed by atoms with E-state index in [9.17, 15) is 9.59 Å².